The van der Waals surface area contributed by atoms with Crippen LogP contribution in [0.2, 0.25) is 0 Å². The minimum absolute atomic E-state index is 0.0870. The van der Waals surface area contributed by atoms with Crippen LogP contribution in [0.15, 0.2) is 24.3 Å². The van der Waals surface area contributed by atoms with Crippen molar-refractivity contribution in [1.29, 1.82) is 0 Å². The number of hydrogen-bond donors (Lipinski definition) is 2. The lowest BCUT2D eigenvalue weighted by molar-refractivity contribution is 0.221. The molecule has 2 nitrogen and oxygen atoms in total. The van der Waals surface area contributed by atoms with Gasteiger partial charge < -0.3 is 10.4 Å². The molecule has 0 saturated carbocycles. The van der Waals surface area contributed by atoms with E-state index in [-0.39, 0.29) is 18.0 Å². The van der Waals surface area contributed by atoms with Crippen molar-refractivity contribution in [2.24, 2.45) is 0 Å². The first-order valence-corrected chi connectivity index (χ1v) is 5.74. The quantitative estimate of drug-likeness (QED) is 0.779. The molecule has 0 aliphatic heterocycles. The molecule has 0 saturated heterocycles. The molecule has 90 valence electrons. The first-order valence-electron chi connectivity index (χ1n) is 5.74. The number of rotatable bonds is 6. The highest BCUT2D eigenvalue weighted by Crippen LogP contribution is 2.24. The van der Waals surface area contributed by atoms with E-state index in [4.69, 9.17) is 5.11 Å². The Morgan fingerprint density at radius 2 is 2.19 bits per heavy atom. The summed E-state index contributed by atoms with van der Waals surface area (Å²) in [5, 5.41) is 12.5. The molecule has 3 heteroatoms. The van der Waals surface area contributed by atoms with E-state index in [2.05, 4.69) is 12.2 Å². The van der Waals surface area contributed by atoms with Crippen LogP contribution in [0.4, 0.5) is 4.39 Å². The molecule has 0 aromatic heterocycles. The average Bonchev–Trinajstić information content (AvgIpc) is 2.27. The molecule has 0 aliphatic carbocycles. The van der Waals surface area contributed by atoms with E-state index < -0.39 is 0 Å². The number of aliphatic hydroxyl groups is 1. The molecule has 1 rings (SSSR count). The second-order valence-corrected chi connectivity index (χ2v) is 4.24. The molecule has 0 spiro atoms. The third-order valence-electron chi connectivity index (χ3n) is 2.84. The zero-order valence-corrected chi connectivity index (χ0v) is 9.96. The molecule has 0 fully saturated rings. The van der Waals surface area contributed by atoms with E-state index in [9.17, 15) is 4.39 Å². The van der Waals surface area contributed by atoms with Crippen molar-refractivity contribution in [3.8, 4) is 0 Å². The lowest BCUT2D eigenvalue weighted by atomic mass is 9.88. The van der Waals surface area contributed by atoms with Crippen molar-refractivity contribution in [3.63, 3.8) is 0 Å². The number of hydrogen-bond acceptors (Lipinski definition) is 2. The Kier molecular flexibility index (Phi) is 4.90. The van der Waals surface area contributed by atoms with Crippen molar-refractivity contribution >= 4 is 0 Å². The standard InChI is InChI=1S/C13H20FNO/c1-3-8-15-13(2,7-9-16)11-5-4-6-12(14)10-11/h4-6,10,15-16H,3,7-9H2,1-2H3. The summed E-state index contributed by atoms with van der Waals surface area (Å²) in [7, 11) is 0. The van der Waals surface area contributed by atoms with Gasteiger partial charge in [-0.1, -0.05) is 19.1 Å². The third-order valence-corrected chi connectivity index (χ3v) is 2.84. The maximum absolute atomic E-state index is 13.2. The smallest absolute Gasteiger partial charge is 0.123 e. The van der Waals surface area contributed by atoms with Crippen molar-refractivity contribution in [2.45, 2.75) is 32.2 Å². The molecule has 16 heavy (non-hydrogen) atoms. The van der Waals surface area contributed by atoms with Gasteiger partial charge in [0.25, 0.3) is 0 Å². The Bertz CT molecular complexity index is 329. The maximum Gasteiger partial charge on any atom is 0.123 e. The van der Waals surface area contributed by atoms with Gasteiger partial charge in [0, 0.05) is 12.1 Å². The highest BCUT2D eigenvalue weighted by atomic mass is 19.1. The number of halogens is 1. The Labute approximate surface area is 96.5 Å². The van der Waals surface area contributed by atoms with Gasteiger partial charge in [-0.25, -0.2) is 4.39 Å². The normalized spacial score (nSPS) is 14.8. The largest absolute Gasteiger partial charge is 0.396 e. The molecule has 0 heterocycles. The van der Waals surface area contributed by atoms with Gasteiger partial charge in [0.05, 0.1) is 0 Å². The van der Waals surface area contributed by atoms with Gasteiger partial charge in [-0.05, 0) is 44.0 Å². The molecule has 0 amide bonds. The number of aliphatic hydroxyl groups excluding tert-OH is 1. The fraction of sp³-hybridized carbons (Fsp3) is 0.538. The van der Waals surface area contributed by atoms with Gasteiger partial charge in [0.15, 0.2) is 0 Å². The molecular weight excluding hydrogens is 205 g/mol. The summed E-state index contributed by atoms with van der Waals surface area (Å²) in [5.74, 6) is -0.236. The third kappa shape index (κ3) is 3.29. The predicted octanol–water partition coefficient (Wildman–Crippen LogP) is 2.42. The van der Waals surface area contributed by atoms with Crippen molar-refractivity contribution in [2.75, 3.05) is 13.2 Å². The fourth-order valence-corrected chi connectivity index (χ4v) is 1.79. The SMILES string of the molecule is CCCNC(C)(CCO)c1cccc(F)c1. The summed E-state index contributed by atoms with van der Waals surface area (Å²) in [5.41, 5.74) is 0.530. The minimum Gasteiger partial charge on any atom is -0.396 e. The van der Waals surface area contributed by atoms with Gasteiger partial charge in [-0.15, -0.1) is 0 Å². The highest BCUT2D eigenvalue weighted by Gasteiger charge is 2.25. The van der Waals surface area contributed by atoms with E-state index in [0.717, 1.165) is 18.5 Å². The summed E-state index contributed by atoms with van der Waals surface area (Å²) in [4.78, 5) is 0. The molecule has 2 N–H and O–H groups in total. The first kappa shape index (κ1) is 13.1. The molecule has 0 bridgehead atoms. The summed E-state index contributed by atoms with van der Waals surface area (Å²) in [6.07, 6.45) is 1.59. The van der Waals surface area contributed by atoms with Crippen LogP contribution < -0.4 is 5.32 Å². The van der Waals surface area contributed by atoms with Gasteiger partial charge in [0.1, 0.15) is 5.82 Å². The van der Waals surface area contributed by atoms with Crippen LogP contribution in [0.3, 0.4) is 0 Å². The van der Waals surface area contributed by atoms with Crippen LogP contribution >= 0.6 is 0 Å². The Morgan fingerprint density at radius 3 is 2.75 bits per heavy atom. The van der Waals surface area contributed by atoms with Gasteiger partial charge in [-0.3, -0.25) is 0 Å². The van der Waals surface area contributed by atoms with E-state index in [1.54, 1.807) is 6.07 Å². The van der Waals surface area contributed by atoms with Crippen LogP contribution in [0.5, 0.6) is 0 Å². The summed E-state index contributed by atoms with van der Waals surface area (Å²) >= 11 is 0. The number of benzene rings is 1. The summed E-state index contributed by atoms with van der Waals surface area (Å²) in [6, 6.07) is 6.55. The Morgan fingerprint density at radius 1 is 1.44 bits per heavy atom. The second kappa shape index (κ2) is 5.97. The zero-order chi connectivity index (χ0) is 12.0. The first-order chi connectivity index (χ1) is 7.62. The van der Waals surface area contributed by atoms with Crippen LogP contribution in [0, 0.1) is 5.82 Å². The van der Waals surface area contributed by atoms with E-state index in [0.29, 0.717) is 6.42 Å². The monoisotopic (exact) mass is 225 g/mol. The van der Waals surface area contributed by atoms with Gasteiger partial charge >= 0.3 is 0 Å². The molecule has 1 aromatic carbocycles. The molecule has 0 radical (unpaired) electrons. The van der Waals surface area contributed by atoms with Gasteiger partial charge in [0.2, 0.25) is 0 Å². The topological polar surface area (TPSA) is 32.3 Å². The molecular formula is C13H20FNO. The predicted molar refractivity (Wildman–Crippen MR) is 63.7 cm³/mol. The van der Waals surface area contributed by atoms with Crippen LogP contribution in [-0.2, 0) is 5.54 Å². The van der Waals surface area contributed by atoms with E-state index in [1.807, 2.05) is 13.0 Å². The summed E-state index contributed by atoms with van der Waals surface area (Å²) < 4.78 is 13.2. The van der Waals surface area contributed by atoms with Crippen LogP contribution in [0.25, 0.3) is 0 Å². The molecule has 0 aliphatic rings. The second-order valence-electron chi connectivity index (χ2n) is 4.24. The van der Waals surface area contributed by atoms with Crippen molar-refractivity contribution in [3.05, 3.63) is 35.6 Å². The Balaban J connectivity index is 2.91. The summed E-state index contributed by atoms with van der Waals surface area (Å²) in [6.45, 7) is 5.02. The van der Waals surface area contributed by atoms with Crippen molar-refractivity contribution < 1.29 is 9.50 Å². The Hall–Kier alpha value is -0.930. The maximum atomic E-state index is 13.2. The average molecular weight is 225 g/mol. The van der Waals surface area contributed by atoms with E-state index in [1.165, 1.54) is 12.1 Å². The number of nitrogens with one attached hydrogen (secondary N) is 1. The minimum atomic E-state index is -0.354. The molecule has 1 unspecified atom stereocenters. The lowest BCUT2D eigenvalue weighted by Crippen LogP contribution is -2.40. The lowest BCUT2D eigenvalue weighted by Gasteiger charge is -2.31. The molecule has 1 atom stereocenters. The fourth-order valence-electron chi connectivity index (χ4n) is 1.79. The highest BCUT2D eigenvalue weighted by molar-refractivity contribution is 5.24. The molecule has 1 aromatic rings. The van der Waals surface area contributed by atoms with Crippen LogP contribution in [-0.4, -0.2) is 18.3 Å². The van der Waals surface area contributed by atoms with Gasteiger partial charge in [-0.2, -0.15) is 0 Å². The van der Waals surface area contributed by atoms with E-state index >= 15 is 0 Å². The zero-order valence-electron chi connectivity index (χ0n) is 9.96. The van der Waals surface area contributed by atoms with Crippen molar-refractivity contribution in [1.82, 2.24) is 5.32 Å². The van der Waals surface area contributed by atoms with Crippen LogP contribution in [0.1, 0.15) is 32.3 Å².